The molecule has 0 bridgehead atoms. The summed E-state index contributed by atoms with van der Waals surface area (Å²) >= 11 is 1.70. The Morgan fingerprint density at radius 2 is 2.10 bits per heavy atom. The highest BCUT2D eigenvalue weighted by molar-refractivity contribution is 14.0. The SMILES string of the molecule is CCNC(=NCc1ncc(C)s1)NCC(c1cccc(OC)c1)N1CCCC1.I. The minimum Gasteiger partial charge on any atom is -0.497 e. The number of benzene rings is 1. The first-order valence-electron chi connectivity index (χ1n) is 10.0. The fraction of sp³-hybridized carbons (Fsp3) is 0.524. The number of aliphatic imine (C=N–C) groups is 1. The quantitative estimate of drug-likeness (QED) is 0.308. The van der Waals surface area contributed by atoms with Crippen molar-refractivity contribution in [3.63, 3.8) is 0 Å². The zero-order valence-corrected chi connectivity index (χ0v) is 20.6. The van der Waals surface area contributed by atoms with Gasteiger partial charge in [-0.3, -0.25) is 4.90 Å². The highest BCUT2D eigenvalue weighted by atomic mass is 127. The van der Waals surface area contributed by atoms with Crippen molar-refractivity contribution in [1.82, 2.24) is 20.5 Å². The standard InChI is InChI=1S/C21H31N5OS.HI/c1-4-22-21(25-15-20-23-13-16(2)28-20)24-14-19(26-10-5-6-11-26)17-8-7-9-18(12-17)27-3;/h7-9,12-13,19H,4-6,10-11,14-15H2,1-3H3,(H2,22,24,25);1H. The number of halogens is 1. The monoisotopic (exact) mass is 529 g/mol. The van der Waals surface area contributed by atoms with Crippen LogP contribution in [0.4, 0.5) is 0 Å². The van der Waals surface area contributed by atoms with Crippen LogP contribution in [0, 0.1) is 6.92 Å². The number of nitrogens with zero attached hydrogens (tertiary/aromatic N) is 3. The third kappa shape index (κ3) is 7.11. The predicted molar refractivity (Wildman–Crippen MR) is 132 cm³/mol. The number of aromatic nitrogens is 1. The summed E-state index contributed by atoms with van der Waals surface area (Å²) in [5.74, 6) is 1.74. The number of ether oxygens (including phenoxy) is 1. The van der Waals surface area contributed by atoms with Gasteiger partial charge in [0.05, 0.1) is 19.7 Å². The molecule has 2 aromatic rings. The van der Waals surface area contributed by atoms with Gasteiger partial charge in [-0.05, 0) is 57.5 Å². The zero-order chi connectivity index (χ0) is 19.8. The van der Waals surface area contributed by atoms with Crippen LogP contribution in [0.25, 0.3) is 0 Å². The van der Waals surface area contributed by atoms with E-state index >= 15 is 0 Å². The van der Waals surface area contributed by atoms with Crippen LogP contribution in [0.15, 0.2) is 35.5 Å². The molecule has 0 radical (unpaired) electrons. The van der Waals surface area contributed by atoms with E-state index in [1.54, 1.807) is 18.4 Å². The van der Waals surface area contributed by atoms with E-state index in [0.717, 1.165) is 42.9 Å². The minimum absolute atomic E-state index is 0. The smallest absolute Gasteiger partial charge is 0.191 e. The summed E-state index contributed by atoms with van der Waals surface area (Å²) < 4.78 is 5.44. The summed E-state index contributed by atoms with van der Waals surface area (Å²) in [6.07, 6.45) is 4.43. The van der Waals surface area contributed by atoms with Gasteiger partial charge in [0.15, 0.2) is 5.96 Å². The number of thiazole rings is 1. The second kappa shape index (κ2) is 12.3. The largest absolute Gasteiger partial charge is 0.497 e. The van der Waals surface area contributed by atoms with Crippen molar-refractivity contribution in [2.75, 3.05) is 33.3 Å². The maximum atomic E-state index is 5.44. The third-order valence-corrected chi connectivity index (χ3v) is 5.81. The molecule has 0 saturated carbocycles. The van der Waals surface area contributed by atoms with E-state index in [9.17, 15) is 0 Å². The molecule has 1 aromatic carbocycles. The average Bonchev–Trinajstić information content (AvgIpc) is 3.38. The number of likely N-dealkylation sites (tertiary alicyclic amines) is 1. The Kier molecular flexibility index (Phi) is 10.2. The number of methoxy groups -OCH3 is 1. The molecule has 1 fully saturated rings. The lowest BCUT2D eigenvalue weighted by molar-refractivity contribution is 0.245. The molecule has 1 unspecified atom stereocenters. The molecule has 2 N–H and O–H groups in total. The van der Waals surface area contributed by atoms with Crippen LogP contribution in [0.2, 0.25) is 0 Å². The number of hydrogen-bond acceptors (Lipinski definition) is 5. The van der Waals surface area contributed by atoms with E-state index in [4.69, 9.17) is 9.73 Å². The van der Waals surface area contributed by atoms with Crippen molar-refractivity contribution >= 4 is 41.3 Å². The van der Waals surface area contributed by atoms with Crippen molar-refractivity contribution < 1.29 is 4.74 Å². The lowest BCUT2D eigenvalue weighted by Gasteiger charge is -2.29. The molecule has 8 heteroatoms. The molecule has 1 aliphatic heterocycles. The lowest BCUT2D eigenvalue weighted by atomic mass is 10.1. The molecule has 2 heterocycles. The van der Waals surface area contributed by atoms with Crippen LogP contribution in [-0.4, -0.2) is 49.1 Å². The predicted octanol–water partition coefficient (Wildman–Crippen LogP) is 3.97. The van der Waals surface area contributed by atoms with Gasteiger partial charge >= 0.3 is 0 Å². The Balaban J connectivity index is 0.00000300. The van der Waals surface area contributed by atoms with Gasteiger partial charge in [0.25, 0.3) is 0 Å². The molecule has 0 spiro atoms. The van der Waals surface area contributed by atoms with E-state index in [-0.39, 0.29) is 24.0 Å². The van der Waals surface area contributed by atoms with E-state index in [1.165, 1.54) is 23.3 Å². The van der Waals surface area contributed by atoms with Gasteiger partial charge in [-0.15, -0.1) is 35.3 Å². The average molecular weight is 529 g/mol. The molecule has 1 aromatic heterocycles. The molecule has 3 rings (SSSR count). The second-order valence-corrected chi connectivity index (χ2v) is 8.30. The van der Waals surface area contributed by atoms with Crippen LogP contribution in [0.5, 0.6) is 5.75 Å². The van der Waals surface area contributed by atoms with E-state index in [0.29, 0.717) is 12.6 Å². The van der Waals surface area contributed by atoms with Crippen LogP contribution in [0.3, 0.4) is 0 Å². The Hall–Kier alpha value is -1.39. The maximum absolute atomic E-state index is 5.44. The van der Waals surface area contributed by atoms with Gasteiger partial charge in [-0.25, -0.2) is 9.98 Å². The van der Waals surface area contributed by atoms with Crippen molar-refractivity contribution in [1.29, 1.82) is 0 Å². The lowest BCUT2D eigenvalue weighted by Crippen LogP contribution is -2.42. The number of nitrogens with one attached hydrogen (secondary N) is 2. The minimum atomic E-state index is 0. The summed E-state index contributed by atoms with van der Waals surface area (Å²) in [5, 5.41) is 7.94. The molecule has 1 saturated heterocycles. The number of guanidine groups is 1. The molecule has 0 aliphatic carbocycles. The van der Waals surface area contributed by atoms with Crippen LogP contribution >= 0.6 is 35.3 Å². The second-order valence-electron chi connectivity index (χ2n) is 6.98. The molecule has 1 aliphatic rings. The Morgan fingerprint density at radius 1 is 1.31 bits per heavy atom. The van der Waals surface area contributed by atoms with Crippen LogP contribution < -0.4 is 15.4 Å². The van der Waals surface area contributed by atoms with E-state index in [2.05, 4.69) is 52.6 Å². The Bertz CT molecular complexity index is 776. The summed E-state index contributed by atoms with van der Waals surface area (Å²) in [6.45, 7) is 8.66. The molecule has 0 amide bonds. The number of hydrogen-bond donors (Lipinski definition) is 2. The first kappa shape index (κ1) is 23.9. The summed E-state index contributed by atoms with van der Waals surface area (Å²) in [5.41, 5.74) is 1.28. The first-order valence-corrected chi connectivity index (χ1v) is 10.8. The molecule has 6 nitrogen and oxygen atoms in total. The third-order valence-electron chi connectivity index (χ3n) is 4.91. The van der Waals surface area contributed by atoms with Crippen molar-refractivity contribution in [3.8, 4) is 5.75 Å². The molecule has 1 atom stereocenters. The topological polar surface area (TPSA) is 61.8 Å². The Morgan fingerprint density at radius 3 is 2.76 bits per heavy atom. The van der Waals surface area contributed by atoms with Gasteiger partial charge in [-0.1, -0.05) is 12.1 Å². The highest BCUT2D eigenvalue weighted by Crippen LogP contribution is 2.27. The van der Waals surface area contributed by atoms with E-state index in [1.807, 2.05) is 12.3 Å². The van der Waals surface area contributed by atoms with Gasteiger partial charge in [0, 0.05) is 24.2 Å². The molecule has 29 heavy (non-hydrogen) atoms. The van der Waals surface area contributed by atoms with Gasteiger partial charge in [0.2, 0.25) is 0 Å². The zero-order valence-electron chi connectivity index (χ0n) is 17.5. The first-order chi connectivity index (χ1) is 13.7. The maximum Gasteiger partial charge on any atom is 0.191 e. The van der Waals surface area contributed by atoms with Crippen LogP contribution in [-0.2, 0) is 6.54 Å². The van der Waals surface area contributed by atoms with Crippen molar-refractivity contribution in [3.05, 3.63) is 45.9 Å². The summed E-state index contributed by atoms with van der Waals surface area (Å²) in [6, 6.07) is 8.70. The molecular weight excluding hydrogens is 497 g/mol. The van der Waals surface area contributed by atoms with Crippen molar-refractivity contribution in [2.24, 2.45) is 4.99 Å². The molecular formula is C21H32IN5OS. The highest BCUT2D eigenvalue weighted by Gasteiger charge is 2.24. The van der Waals surface area contributed by atoms with Gasteiger partial charge < -0.3 is 15.4 Å². The van der Waals surface area contributed by atoms with E-state index < -0.39 is 0 Å². The summed E-state index contributed by atoms with van der Waals surface area (Å²) in [7, 11) is 1.72. The normalized spacial score (nSPS) is 15.6. The van der Waals surface area contributed by atoms with Gasteiger partial charge in [-0.2, -0.15) is 0 Å². The fourth-order valence-corrected chi connectivity index (χ4v) is 4.23. The van der Waals surface area contributed by atoms with Crippen LogP contribution in [0.1, 0.15) is 41.3 Å². The number of aryl methyl sites for hydroxylation is 1. The number of rotatable bonds is 8. The molecule has 160 valence electrons. The Labute approximate surface area is 195 Å². The summed E-state index contributed by atoms with van der Waals surface area (Å²) in [4.78, 5) is 12.9. The fourth-order valence-electron chi connectivity index (χ4n) is 3.52. The van der Waals surface area contributed by atoms with Crippen molar-refractivity contribution in [2.45, 2.75) is 39.3 Å². The van der Waals surface area contributed by atoms with Gasteiger partial charge in [0.1, 0.15) is 10.8 Å².